The van der Waals surface area contributed by atoms with Crippen LogP contribution in [0.3, 0.4) is 0 Å². The van der Waals surface area contributed by atoms with Crippen LogP contribution in [-0.4, -0.2) is 25.8 Å². The molecular formula is C12H16ClN3O2S. The molecule has 0 radical (unpaired) electrons. The van der Waals surface area contributed by atoms with Crippen LogP contribution >= 0.6 is 11.6 Å². The maximum Gasteiger partial charge on any atom is 0.246 e. The Balaban J connectivity index is 3.26. The SMILES string of the molecule is CCN(CC(C)C#N)S(=O)(=O)c1c(N)cccc1Cl. The van der Waals surface area contributed by atoms with Gasteiger partial charge in [-0.3, -0.25) is 0 Å². The van der Waals surface area contributed by atoms with Crippen molar-refractivity contribution in [1.29, 1.82) is 5.26 Å². The van der Waals surface area contributed by atoms with E-state index in [1.165, 1.54) is 16.4 Å². The smallest absolute Gasteiger partial charge is 0.246 e. The number of hydrogen-bond acceptors (Lipinski definition) is 4. The molecule has 0 aromatic heterocycles. The summed E-state index contributed by atoms with van der Waals surface area (Å²) in [7, 11) is -3.79. The first-order valence-corrected chi connectivity index (χ1v) is 7.60. The summed E-state index contributed by atoms with van der Waals surface area (Å²) in [5.74, 6) is -0.404. The Labute approximate surface area is 118 Å². The van der Waals surface area contributed by atoms with E-state index in [9.17, 15) is 8.42 Å². The lowest BCUT2D eigenvalue weighted by molar-refractivity contribution is 0.400. The van der Waals surface area contributed by atoms with E-state index < -0.39 is 15.9 Å². The summed E-state index contributed by atoms with van der Waals surface area (Å²) < 4.78 is 26.2. The fourth-order valence-corrected chi connectivity index (χ4v) is 3.84. The molecule has 19 heavy (non-hydrogen) atoms. The van der Waals surface area contributed by atoms with Gasteiger partial charge in [0.05, 0.1) is 22.7 Å². The molecular weight excluding hydrogens is 286 g/mol. The third-order valence-corrected chi connectivity index (χ3v) is 5.13. The molecule has 0 heterocycles. The maximum atomic E-state index is 12.5. The van der Waals surface area contributed by atoms with Crippen LogP contribution in [0.1, 0.15) is 13.8 Å². The van der Waals surface area contributed by atoms with Crippen molar-refractivity contribution in [1.82, 2.24) is 4.31 Å². The highest BCUT2D eigenvalue weighted by Gasteiger charge is 2.28. The van der Waals surface area contributed by atoms with Crippen molar-refractivity contribution >= 4 is 27.3 Å². The van der Waals surface area contributed by atoms with E-state index >= 15 is 0 Å². The van der Waals surface area contributed by atoms with Gasteiger partial charge in [0.2, 0.25) is 10.0 Å². The summed E-state index contributed by atoms with van der Waals surface area (Å²) in [5.41, 5.74) is 5.82. The van der Waals surface area contributed by atoms with E-state index in [1.807, 2.05) is 6.07 Å². The Morgan fingerprint density at radius 3 is 2.63 bits per heavy atom. The van der Waals surface area contributed by atoms with Gasteiger partial charge >= 0.3 is 0 Å². The molecule has 0 aliphatic heterocycles. The molecule has 1 unspecified atom stereocenters. The molecule has 0 saturated heterocycles. The van der Waals surface area contributed by atoms with Gasteiger partial charge in [-0.15, -0.1) is 0 Å². The van der Waals surface area contributed by atoms with Crippen molar-refractivity contribution in [2.45, 2.75) is 18.7 Å². The normalized spacial score (nSPS) is 13.2. The number of benzene rings is 1. The van der Waals surface area contributed by atoms with Crippen molar-refractivity contribution in [3.05, 3.63) is 23.2 Å². The standard InChI is InChI=1S/C12H16ClN3O2S/c1-3-16(8-9(2)7-14)19(17,18)12-10(13)5-4-6-11(12)15/h4-6,9H,3,8,15H2,1-2H3. The molecule has 1 rings (SSSR count). The second-order valence-electron chi connectivity index (χ2n) is 4.14. The summed E-state index contributed by atoms with van der Waals surface area (Å²) in [6, 6.07) is 6.57. The van der Waals surface area contributed by atoms with Gasteiger partial charge in [-0.2, -0.15) is 9.57 Å². The Morgan fingerprint density at radius 1 is 1.53 bits per heavy atom. The molecule has 0 aliphatic rings. The maximum absolute atomic E-state index is 12.5. The Bertz CT molecular complexity index is 575. The zero-order chi connectivity index (χ0) is 14.6. The number of anilines is 1. The number of hydrogen-bond donors (Lipinski definition) is 1. The largest absolute Gasteiger partial charge is 0.398 e. The van der Waals surface area contributed by atoms with Gasteiger partial charge in [0, 0.05) is 13.1 Å². The summed E-state index contributed by atoms with van der Waals surface area (Å²) in [4.78, 5) is -0.0938. The zero-order valence-electron chi connectivity index (χ0n) is 10.8. The lowest BCUT2D eigenvalue weighted by atomic mass is 10.2. The van der Waals surface area contributed by atoms with Crippen molar-refractivity contribution in [3.63, 3.8) is 0 Å². The highest BCUT2D eigenvalue weighted by Crippen LogP contribution is 2.30. The average Bonchev–Trinajstić information content (AvgIpc) is 2.34. The molecule has 2 N–H and O–H groups in total. The monoisotopic (exact) mass is 301 g/mol. The van der Waals surface area contributed by atoms with E-state index in [1.54, 1.807) is 19.9 Å². The van der Waals surface area contributed by atoms with Crippen molar-refractivity contribution in [2.24, 2.45) is 5.92 Å². The minimum atomic E-state index is -3.79. The van der Waals surface area contributed by atoms with Crippen molar-refractivity contribution in [3.8, 4) is 6.07 Å². The van der Waals surface area contributed by atoms with Crippen LogP contribution in [0.5, 0.6) is 0 Å². The molecule has 0 aliphatic carbocycles. The lowest BCUT2D eigenvalue weighted by Gasteiger charge is -2.22. The highest BCUT2D eigenvalue weighted by molar-refractivity contribution is 7.89. The number of sulfonamides is 1. The van der Waals surface area contributed by atoms with Crippen LogP contribution in [0.15, 0.2) is 23.1 Å². The predicted molar refractivity (Wildman–Crippen MR) is 75.1 cm³/mol. The number of halogens is 1. The van der Waals surface area contributed by atoms with Crippen molar-refractivity contribution < 1.29 is 8.42 Å². The minimum absolute atomic E-state index is 0.0862. The fourth-order valence-electron chi connectivity index (χ4n) is 1.67. The molecule has 0 spiro atoms. The first kappa shape index (κ1) is 15.8. The molecule has 0 bridgehead atoms. The third kappa shape index (κ3) is 3.38. The number of nitrogen functional groups attached to an aromatic ring is 1. The number of nitrogens with zero attached hydrogens (tertiary/aromatic N) is 2. The molecule has 0 saturated carbocycles. The van der Waals surface area contributed by atoms with Gasteiger partial charge in [0.15, 0.2) is 0 Å². The minimum Gasteiger partial charge on any atom is -0.398 e. The van der Waals surface area contributed by atoms with Gasteiger partial charge in [0.1, 0.15) is 4.90 Å². The van der Waals surface area contributed by atoms with Crippen LogP contribution in [0.25, 0.3) is 0 Å². The van der Waals surface area contributed by atoms with Gasteiger partial charge in [-0.25, -0.2) is 8.42 Å². The highest BCUT2D eigenvalue weighted by atomic mass is 35.5. The van der Waals surface area contributed by atoms with Crippen LogP contribution in [0, 0.1) is 17.2 Å². The summed E-state index contributed by atoms with van der Waals surface area (Å²) in [6.45, 7) is 3.72. The van der Waals surface area contributed by atoms with Crippen LogP contribution < -0.4 is 5.73 Å². The molecule has 0 fully saturated rings. The quantitative estimate of drug-likeness (QED) is 0.844. The predicted octanol–water partition coefficient (Wildman–Crippen LogP) is 2.09. The molecule has 1 aromatic rings. The second-order valence-corrected chi connectivity index (χ2v) is 6.43. The number of nitriles is 1. The van der Waals surface area contributed by atoms with E-state index in [-0.39, 0.29) is 28.7 Å². The summed E-state index contributed by atoms with van der Waals surface area (Å²) >= 11 is 5.93. The van der Waals surface area contributed by atoms with Crippen LogP contribution in [-0.2, 0) is 10.0 Å². The Hall–Kier alpha value is -1.29. The van der Waals surface area contributed by atoms with E-state index in [2.05, 4.69) is 0 Å². The van der Waals surface area contributed by atoms with Gasteiger partial charge in [-0.1, -0.05) is 24.6 Å². The van der Waals surface area contributed by atoms with Crippen LogP contribution in [0.2, 0.25) is 5.02 Å². The zero-order valence-corrected chi connectivity index (χ0v) is 12.4. The molecule has 5 nitrogen and oxygen atoms in total. The summed E-state index contributed by atoms with van der Waals surface area (Å²) in [5, 5.41) is 8.89. The first-order chi connectivity index (χ1) is 8.84. The fraction of sp³-hybridized carbons (Fsp3) is 0.417. The van der Waals surface area contributed by atoms with E-state index in [4.69, 9.17) is 22.6 Å². The molecule has 1 aromatic carbocycles. The van der Waals surface area contributed by atoms with Gasteiger partial charge in [-0.05, 0) is 19.1 Å². The first-order valence-electron chi connectivity index (χ1n) is 5.78. The molecule has 104 valence electrons. The Kier molecular flexibility index (Phi) is 5.18. The van der Waals surface area contributed by atoms with Gasteiger partial charge < -0.3 is 5.73 Å². The summed E-state index contributed by atoms with van der Waals surface area (Å²) in [6.07, 6.45) is 0. The van der Waals surface area contributed by atoms with E-state index in [0.717, 1.165) is 0 Å². The molecule has 7 heteroatoms. The molecule has 1 atom stereocenters. The topological polar surface area (TPSA) is 87.2 Å². The lowest BCUT2D eigenvalue weighted by Crippen LogP contribution is -2.35. The third-order valence-electron chi connectivity index (χ3n) is 2.65. The average molecular weight is 302 g/mol. The Morgan fingerprint density at radius 2 is 2.16 bits per heavy atom. The second kappa shape index (κ2) is 6.24. The van der Waals surface area contributed by atoms with Gasteiger partial charge in [0.25, 0.3) is 0 Å². The van der Waals surface area contributed by atoms with Crippen molar-refractivity contribution in [2.75, 3.05) is 18.8 Å². The van der Waals surface area contributed by atoms with Crippen LogP contribution in [0.4, 0.5) is 5.69 Å². The number of rotatable bonds is 5. The van der Waals surface area contributed by atoms with E-state index in [0.29, 0.717) is 0 Å². The number of nitrogens with two attached hydrogens (primary N) is 1. The molecule has 0 amide bonds.